The third-order valence-electron chi connectivity index (χ3n) is 7.64. The lowest BCUT2D eigenvalue weighted by Crippen LogP contribution is -2.13. The third kappa shape index (κ3) is 11.4. The summed E-state index contributed by atoms with van der Waals surface area (Å²) in [5, 5.41) is 8.29. The number of aryl methyl sites for hydroxylation is 1. The van der Waals surface area contributed by atoms with E-state index in [0.717, 1.165) is 42.7 Å². The second-order valence-electron chi connectivity index (χ2n) is 11.1. The van der Waals surface area contributed by atoms with Crippen LogP contribution >= 0.6 is 0 Å². The van der Waals surface area contributed by atoms with Crippen LogP contribution in [0.25, 0.3) is 12.2 Å². The molecule has 1 fully saturated rings. The maximum Gasteiger partial charge on any atom is 0.155 e. The number of benzene rings is 3. The van der Waals surface area contributed by atoms with Crippen LogP contribution in [0.4, 0.5) is 26.3 Å². The van der Waals surface area contributed by atoms with E-state index in [4.69, 9.17) is 5.26 Å². The van der Waals surface area contributed by atoms with Crippen LogP contribution in [0, 0.1) is 58.1 Å². The van der Waals surface area contributed by atoms with Gasteiger partial charge >= 0.3 is 0 Å². The average Bonchev–Trinajstić information content (AvgIpc) is 3.00. The predicted molar refractivity (Wildman–Crippen MR) is 165 cm³/mol. The van der Waals surface area contributed by atoms with Crippen LogP contribution in [0.5, 0.6) is 5.75 Å². The highest BCUT2D eigenvalue weighted by Gasteiger charge is 2.19. The van der Waals surface area contributed by atoms with E-state index in [1.165, 1.54) is 69.9 Å². The fraction of sp³-hybridized carbons (Fsp3) is 0.389. The first-order valence-electron chi connectivity index (χ1n) is 15.0. The number of hydrogen-bond acceptors (Lipinski definition) is 3. The molecule has 0 N–H and O–H groups in total. The van der Waals surface area contributed by atoms with Gasteiger partial charge in [-0.3, -0.25) is 4.79 Å². The first-order valence-corrected chi connectivity index (χ1v) is 15.0. The number of nitrogens with zero attached hydrogens (tertiary/aromatic N) is 1. The van der Waals surface area contributed by atoms with Crippen LogP contribution < -0.4 is 4.74 Å². The fourth-order valence-corrected chi connectivity index (χ4v) is 4.70. The molecule has 1 saturated carbocycles. The summed E-state index contributed by atoms with van der Waals surface area (Å²) in [6.07, 6.45) is 11.4. The first-order chi connectivity index (χ1) is 21.5. The molecule has 242 valence electrons. The number of halogens is 6. The normalized spacial score (nSPS) is 15.8. The number of hydrogen-bond donors (Lipinski definition) is 0. The summed E-state index contributed by atoms with van der Waals surface area (Å²) >= 11 is 0. The van der Waals surface area contributed by atoms with E-state index in [-0.39, 0.29) is 23.2 Å². The molecule has 1 aliphatic rings. The summed E-state index contributed by atoms with van der Waals surface area (Å²) in [6, 6.07) is 7.86. The molecule has 45 heavy (non-hydrogen) atoms. The van der Waals surface area contributed by atoms with Gasteiger partial charge in [0.05, 0.1) is 12.7 Å². The minimum atomic E-state index is -1.02. The Morgan fingerprint density at radius 3 is 1.73 bits per heavy atom. The zero-order chi connectivity index (χ0) is 33.5. The molecular formula is C36H39F6NO2. The largest absolute Gasteiger partial charge is 0.497 e. The lowest BCUT2D eigenvalue weighted by atomic mass is 9.80. The maximum atomic E-state index is 14.4. The summed E-state index contributed by atoms with van der Waals surface area (Å²) in [7, 11) is 1.29. The lowest BCUT2D eigenvalue weighted by Gasteiger charge is -2.26. The highest BCUT2D eigenvalue weighted by molar-refractivity contribution is 5.78. The molecule has 9 heteroatoms. The van der Waals surface area contributed by atoms with Crippen molar-refractivity contribution < 1.29 is 35.9 Å². The molecule has 0 heterocycles. The maximum absolute atomic E-state index is 14.4. The van der Waals surface area contributed by atoms with Gasteiger partial charge in [-0.1, -0.05) is 65.4 Å². The standard InChI is InChI=1S/C24H24F4O.C8H5F2NO.C4H10/c1-15-2-4-16(5-3-15)6-7-17-10-21(25)19(22(26)11-17)9-8-18-12-23(27)20(14-29)24(28)13-18;1-12-5-2-7(9)6(4-11)8(10)3-5;1-3-4-2/h8-16H,2-7H2,1H3;2-3H,1H3;3-4H2,1-2H3/b9-8+;;. The van der Waals surface area contributed by atoms with Gasteiger partial charge in [-0.05, 0) is 66.1 Å². The number of carbonyl (C=O) groups excluding carboxylic acids is 1. The average molecular weight is 632 g/mol. The number of rotatable bonds is 8. The fourth-order valence-electron chi connectivity index (χ4n) is 4.70. The summed E-state index contributed by atoms with van der Waals surface area (Å²) < 4.78 is 86.3. The molecule has 3 aromatic rings. The minimum Gasteiger partial charge on any atom is -0.497 e. The van der Waals surface area contributed by atoms with Gasteiger partial charge in [-0.15, -0.1) is 0 Å². The van der Waals surface area contributed by atoms with Gasteiger partial charge in [0.2, 0.25) is 0 Å². The van der Waals surface area contributed by atoms with Crippen LogP contribution in [-0.4, -0.2) is 13.4 Å². The summed E-state index contributed by atoms with van der Waals surface area (Å²) in [4.78, 5) is 10.6. The van der Waals surface area contributed by atoms with Gasteiger partial charge in [-0.25, -0.2) is 26.3 Å². The van der Waals surface area contributed by atoms with Crippen LogP contribution in [0.3, 0.4) is 0 Å². The molecule has 4 rings (SSSR count). The van der Waals surface area contributed by atoms with Crippen LogP contribution in [0.2, 0.25) is 0 Å². The second-order valence-corrected chi connectivity index (χ2v) is 11.1. The van der Waals surface area contributed by atoms with Gasteiger partial charge in [0, 0.05) is 17.7 Å². The molecule has 0 unspecified atom stereocenters. The molecule has 0 radical (unpaired) electrons. The van der Waals surface area contributed by atoms with Crippen LogP contribution in [0.15, 0.2) is 36.4 Å². The van der Waals surface area contributed by atoms with E-state index in [1.807, 2.05) is 0 Å². The summed E-state index contributed by atoms with van der Waals surface area (Å²) in [6.45, 7) is 6.62. The molecule has 3 nitrogen and oxygen atoms in total. The highest BCUT2D eigenvalue weighted by atomic mass is 19.2. The van der Waals surface area contributed by atoms with Gasteiger partial charge in [-0.2, -0.15) is 5.26 Å². The van der Waals surface area contributed by atoms with E-state index in [0.29, 0.717) is 17.9 Å². The molecule has 1 aliphatic carbocycles. The summed E-state index contributed by atoms with van der Waals surface area (Å²) in [5.41, 5.74) is -0.837. The Morgan fingerprint density at radius 1 is 0.778 bits per heavy atom. The zero-order valence-corrected chi connectivity index (χ0v) is 26.0. The predicted octanol–water partition coefficient (Wildman–Crippen LogP) is 10.6. The molecule has 0 atom stereocenters. The minimum absolute atomic E-state index is 0.0593. The van der Waals surface area contributed by atoms with Crippen molar-refractivity contribution in [1.29, 1.82) is 5.26 Å². The molecule has 0 spiro atoms. The van der Waals surface area contributed by atoms with Crippen molar-refractivity contribution in [2.24, 2.45) is 11.8 Å². The number of ether oxygens (including phenoxy) is 1. The van der Waals surface area contributed by atoms with Crippen molar-refractivity contribution in [3.63, 3.8) is 0 Å². The van der Waals surface area contributed by atoms with Crippen molar-refractivity contribution in [2.75, 3.05) is 7.11 Å². The lowest BCUT2D eigenvalue weighted by molar-refractivity contribution is 0.111. The first kappa shape index (κ1) is 37.1. The highest BCUT2D eigenvalue weighted by Crippen LogP contribution is 2.31. The number of nitriles is 1. The number of unbranched alkanes of at least 4 members (excludes halogenated alkanes) is 1. The van der Waals surface area contributed by atoms with Crippen LogP contribution in [-0.2, 0) is 6.42 Å². The Balaban J connectivity index is 0.000000364. The summed E-state index contributed by atoms with van der Waals surface area (Å²) in [5.74, 6) is -3.84. The molecule has 0 aromatic heterocycles. The molecular weight excluding hydrogens is 592 g/mol. The van der Waals surface area contributed by atoms with Crippen LogP contribution in [0.1, 0.15) is 98.3 Å². The van der Waals surface area contributed by atoms with Crippen molar-refractivity contribution in [3.05, 3.63) is 99.1 Å². The Morgan fingerprint density at radius 2 is 1.29 bits per heavy atom. The number of methoxy groups -OCH3 is 1. The molecule has 0 amide bonds. The Labute approximate surface area is 261 Å². The molecule has 0 bridgehead atoms. The Hall–Kier alpha value is -4.06. The molecule has 3 aromatic carbocycles. The van der Waals surface area contributed by atoms with E-state index < -0.39 is 46.0 Å². The SMILES string of the molecule is CC1CCC(CCc2cc(F)c(/C=C/c3cc(F)c(C=O)c(F)c3)c(F)c2)CC1.CCCC.COc1cc(F)c(C#N)c(F)c1. The zero-order valence-electron chi connectivity index (χ0n) is 26.0. The monoisotopic (exact) mass is 631 g/mol. The quantitative estimate of drug-likeness (QED) is 0.141. The second kappa shape index (κ2) is 18.7. The van der Waals surface area contributed by atoms with Gasteiger partial charge in [0.1, 0.15) is 52.3 Å². The topological polar surface area (TPSA) is 50.1 Å². The van der Waals surface area contributed by atoms with E-state index in [9.17, 15) is 31.1 Å². The van der Waals surface area contributed by atoms with E-state index in [1.54, 1.807) is 0 Å². The Kier molecular flexibility index (Phi) is 15.4. The van der Waals surface area contributed by atoms with E-state index >= 15 is 0 Å². The van der Waals surface area contributed by atoms with Crippen molar-refractivity contribution in [1.82, 2.24) is 0 Å². The number of aldehydes is 1. The van der Waals surface area contributed by atoms with Gasteiger partial charge in [0.15, 0.2) is 6.29 Å². The van der Waals surface area contributed by atoms with Crippen molar-refractivity contribution in [3.8, 4) is 11.8 Å². The van der Waals surface area contributed by atoms with Gasteiger partial charge < -0.3 is 4.74 Å². The van der Waals surface area contributed by atoms with E-state index in [2.05, 4.69) is 25.5 Å². The van der Waals surface area contributed by atoms with Crippen molar-refractivity contribution >= 4 is 18.4 Å². The molecule has 0 saturated heterocycles. The third-order valence-corrected chi connectivity index (χ3v) is 7.64. The van der Waals surface area contributed by atoms with Gasteiger partial charge in [0.25, 0.3) is 0 Å². The number of carbonyl (C=O) groups is 1. The smallest absolute Gasteiger partial charge is 0.155 e. The molecule has 0 aliphatic heterocycles. The Bertz CT molecular complexity index is 1420. The van der Waals surface area contributed by atoms with Crippen molar-refractivity contribution in [2.45, 2.75) is 72.1 Å².